The summed E-state index contributed by atoms with van der Waals surface area (Å²) in [7, 11) is 0. The van der Waals surface area contributed by atoms with Crippen LogP contribution in [0.5, 0.6) is 0 Å². The van der Waals surface area contributed by atoms with Gasteiger partial charge in [0.1, 0.15) is 5.54 Å². The van der Waals surface area contributed by atoms with Crippen LogP contribution in [0.3, 0.4) is 0 Å². The predicted octanol–water partition coefficient (Wildman–Crippen LogP) is 1.95. The summed E-state index contributed by atoms with van der Waals surface area (Å²) in [4.78, 5) is 14.2. The Hall–Kier alpha value is -0.610. The fourth-order valence-corrected chi connectivity index (χ4v) is 3.40. The molecule has 1 aliphatic heterocycles. The van der Waals surface area contributed by atoms with Crippen LogP contribution in [0.15, 0.2) is 0 Å². The summed E-state index contributed by atoms with van der Waals surface area (Å²) in [6.45, 7) is 11.3. The molecule has 2 fully saturated rings. The molecule has 110 valence electrons. The molecule has 0 bridgehead atoms. The van der Waals surface area contributed by atoms with Crippen LogP contribution < -0.4 is 5.32 Å². The summed E-state index contributed by atoms with van der Waals surface area (Å²) in [5, 5.41) is 13.2. The Morgan fingerprint density at radius 2 is 2.11 bits per heavy atom. The third-order valence-corrected chi connectivity index (χ3v) is 4.43. The Bertz CT molecular complexity index is 350. The molecule has 0 aromatic heterocycles. The van der Waals surface area contributed by atoms with Crippen LogP contribution >= 0.6 is 0 Å². The van der Waals surface area contributed by atoms with E-state index in [2.05, 4.69) is 24.1 Å². The van der Waals surface area contributed by atoms with Crippen molar-refractivity contribution < 1.29 is 9.90 Å². The summed E-state index contributed by atoms with van der Waals surface area (Å²) in [5.74, 6) is -0.371. The first-order valence-corrected chi connectivity index (χ1v) is 7.49. The molecule has 2 rings (SSSR count). The van der Waals surface area contributed by atoms with Crippen LogP contribution in [0.1, 0.15) is 47.0 Å². The molecule has 4 nitrogen and oxygen atoms in total. The van der Waals surface area contributed by atoms with Gasteiger partial charge in [0, 0.05) is 19.1 Å². The minimum absolute atomic E-state index is 0.201. The largest absolute Gasteiger partial charge is 0.480 e. The van der Waals surface area contributed by atoms with Crippen LogP contribution in [-0.4, -0.2) is 47.2 Å². The van der Waals surface area contributed by atoms with Gasteiger partial charge in [-0.05, 0) is 51.0 Å². The second-order valence-corrected chi connectivity index (χ2v) is 7.47. The highest BCUT2D eigenvalue weighted by Gasteiger charge is 2.53. The predicted molar refractivity (Wildman–Crippen MR) is 76.2 cm³/mol. The zero-order valence-electron chi connectivity index (χ0n) is 12.7. The van der Waals surface area contributed by atoms with Crippen molar-refractivity contribution in [1.29, 1.82) is 0 Å². The molecule has 0 spiro atoms. The Kier molecular flexibility index (Phi) is 3.94. The van der Waals surface area contributed by atoms with Crippen molar-refractivity contribution in [1.82, 2.24) is 10.2 Å². The van der Waals surface area contributed by atoms with E-state index >= 15 is 0 Å². The van der Waals surface area contributed by atoms with E-state index in [1.54, 1.807) is 0 Å². The number of nitrogens with zero attached hydrogens (tertiary/aromatic N) is 1. The summed E-state index contributed by atoms with van der Waals surface area (Å²) in [5.41, 5.74) is -0.416. The molecular formula is C15H28N2O2. The molecule has 1 saturated heterocycles. The van der Waals surface area contributed by atoms with Crippen LogP contribution in [0, 0.1) is 11.3 Å². The number of hydrogen-bond donors (Lipinski definition) is 2. The number of nitrogens with one attached hydrogen (secondary N) is 1. The molecule has 1 saturated carbocycles. The van der Waals surface area contributed by atoms with Crippen LogP contribution in [0.4, 0.5) is 0 Å². The van der Waals surface area contributed by atoms with E-state index in [0.29, 0.717) is 17.9 Å². The smallest absolute Gasteiger partial charge is 0.325 e. The molecule has 0 amide bonds. The number of hydrogen-bond acceptors (Lipinski definition) is 3. The van der Waals surface area contributed by atoms with Gasteiger partial charge in [-0.15, -0.1) is 0 Å². The van der Waals surface area contributed by atoms with E-state index < -0.39 is 11.5 Å². The minimum Gasteiger partial charge on any atom is -0.480 e. The normalized spacial score (nSPS) is 26.6. The lowest BCUT2D eigenvalue weighted by Crippen LogP contribution is -2.62. The van der Waals surface area contributed by atoms with Gasteiger partial charge in [0.05, 0.1) is 0 Å². The van der Waals surface area contributed by atoms with Gasteiger partial charge < -0.3 is 10.0 Å². The molecule has 2 aliphatic rings. The molecule has 1 aliphatic carbocycles. The summed E-state index contributed by atoms with van der Waals surface area (Å²) in [6, 6.07) is 0.201. The monoisotopic (exact) mass is 268 g/mol. The Balaban J connectivity index is 2.11. The summed E-state index contributed by atoms with van der Waals surface area (Å²) >= 11 is 0. The molecule has 1 atom stereocenters. The molecule has 4 heteroatoms. The SMILES string of the molecule is CC(C)NC(CN1CCC(C)(C)C1)(C(=O)O)C1CC1. The number of aliphatic carboxylic acids is 1. The van der Waals surface area contributed by atoms with Crippen molar-refractivity contribution in [3.63, 3.8) is 0 Å². The maximum Gasteiger partial charge on any atom is 0.325 e. The average Bonchev–Trinajstić information content (AvgIpc) is 3.03. The van der Waals surface area contributed by atoms with E-state index in [-0.39, 0.29) is 6.04 Å². The highest BCUT2D eigenvalue weighted by Crippen LogP contribution is 2.42. The van der Waals surface area contributed by atoms with Gasteiger partial charge in [0.15, 0.2) is 0 Å². The molecule has 0 aromatic carbocycles. The average molecular weight is 268 g/mol. The topological polar surface area (TPSA) is 52.6 Å². The summed E-state index contributed by atoms with van der Waals surface area (Å²) in [6.07, 6.45) is 3.25. The Labute approximate surface area is 116 Å². The highest BCUT2D eigenvalue weighted by molar-refractivity contribution is 5.80. The van der Waals surface area contributed by atoms with Crippen molar-refractivity contribution >= 4 is 5.97 Å². The fraction of sp³-hybridized carbons (Fsp3) is 0.933. The number of rotatable bonds is 6. The standard InChI is InChI=1S/C15H28N2O2/c1-11(2)16-15(13(18)19,12-5-6-12)10-17-8-7-14(3,4)9-17/h11-12,16H,5-10H2,1-4H3,(H,18,19). The molecule has 1 heterocycles. The minimum atomic E-state index is -0.741. The van der Waals surface area contributed by atoms with Crippen molar-refractivity contribution in [2.24, 2.45) is 11.3 Å². The number of likely N-dealkylation sites (tertiary alicyclic amines) is 1. The molecular weight excluding hydrogens is 240 g/mol. The third-order valence-electron chi connectivity index (χ3n) is 4.43. The zero-order valence-corrected chi connectivity index (χ0v) is 12.7. The quantitative estimate of drug-likeness (QED) is 0.773. The lowest BCUT2D eigenvalue weighted by Gasteiger charge is -2.36. The van der Waals surface area contributed by atoms with Gasteiger partial charge in [0.25, 0.3) is 0 Å². The molecule has 0 aromatic rings. The molecule has 1 unspecified atom stereocenters. The first-order valence-electron chi connectivity index (χ1n) is 7.49. The second-order valence-electron chi connectivity index (χ2n) is 7.47. The van der Waals surface area contributed by atoms with E-state index in [1.165, 1.54) is 0 Å². The van der Waals surface area contributed by atoms with Gasteiger partial charge >= 0.3 is 5.97 Å². The highest BCUT2D eigenvalue weighted by atomic mass is 16.4. The Morgan fingerprint density at radius 3 is 2.47 bits per heavy atom. The van der Waals surface area contributed by atoms with E-state index in [0.717, 1.165) is 32.4 Å². The maximum absolute atomic E-state index is 11.9. The zero-order chi connectivity index (χ0) is 14.3. The van der Waals surface area contributed by atoms with Crippen molar-refractivity contribution in [2.75, 3.05) is 19.6 Å². The van der Waals surface area contributed by atoms with Gasteiger partial charge in [-0.25, -0.2) is 0 Å². The third kappa shape index (κ3) is 3.29. The Morgan fingerprint density at radius 1 is 1.47 bits per heavy atom. The first kappa shape index (κ1) is 14.8. The summed E-state index contributed by atoms with van der Waals surface area (Å²) < 4.78 is 0. The molecule has 19 heavy (non-hydrogen) atoms. The van der Waals surface area contributed by atoms with Crippen LogP contribution in [0.25, 0.3) is 0 Å². The second kappa shape index (κ2) is 5.06. The van der Waals surface area contributed by atoms with Gasteiger partial charge in [-0.3, -0.25) is 10.1 Å². The lowest BCUT2D eigenvalue weighted by atomic mass is 9.90. The van der Waals surface area contributed by atoms with E-state index in [4.69, 9.17) is 0 Å². The number of carbonyl (C=O) groups is 1. The van der Waals surface area contributed by atoms with Gasteiger partial charge in [-0.2, -0.15) is 0 Å². The fourth-order valence-electron chi connectivity index (χ4n) is 3.40. The lowest BCUT2D eigenvalue weighted by molar-refractivity contribution is -0.147. The number of carboxylic acid groups (broad SMARTS) is 1. The van der Waals surface area contributed by atoms with Crippen molar-refractivity contribution in [3.05, 3.63) is 0 Å². The first-order chi connectivity index (χ1) is 8.75. The number of carboxylic acids is 1. The van der Waals surface area contributed by atoms with E-state index in [9.17, 15) is 9.90 Å². The van der Waals surface area contributed by atoms with Crippen LogP contribution in [-0.2, 0) is 4.79 Å². The molecule has 0 radical (unpaired) electrons. The van der Waals surface area contributed by atoms with Gasteiger partial charge in [0.2, 0.25) is 0 Å². The maximum atomic E-state index is 11.9. The van der Waals surface area contributed by atoms with E-state index in [1.807, 2.05) is 13.8 Å². The van der Waals surface area contributed by atoms with Gasteiger partial charge in [-0.1, -0.05) is 13.8 Å². The van der Waals surface area contributed by atoms with Crippen molar-refractivity contribution in [3.8, 4) is 0 Å². The van der Waals surface area contributed by atoms with Crippen LogP contribution in [0.2, 0.25) is 0 Å². The molecule has 2 N–H and O–H groups in total. The van der Waals surface area contributed by atoms with Crippen molar-refractivity contribution in [2.45, 2.75) is 58.5 Å².